The van der Waals surface area contributed by atoms with Gasteiger partial charge in [0.15, 0.2) is 0 Å². The van der Waals surface area contributed by atoms with E-state index in [1.807, 2.05) is 18.2 Å². The maximum Gasteiger partial charge on any atom is 0.118 e. The van der Waals surface area contributed by atoms with E-state index in [1.54, 1.807) is 0 Å². The molecule has 0 bridgehead atoms. The molecule has 2 nitrogen and oxygen atoms in total. The van der Waals surface area contributed by atoms with Crippen LogP contribution in [0.25, 0.3) is 27.8 Å². The van der Waals surface area contributed by atoms with Gasteiger partial charge in [0.1, 0.15) is 5.65 Å². The Morgan fingerprint density at radius 3 is 2.22 bits per heavy atom. The van der Waals surface area contributed by atoms with E-state index >= 15 is 0 Å². The van der Waals surface area contributed by atoms with Crippen molar-refractivity contribution in [2.45, 2.75) is 20.4 Å². The van der Waals surface area contributed by atoms with Gasteiger partial charge in [-0.05, 0) is 37.6 Å². The zero-order chi connectivity index (χ0) is 16.1. The van der Waals surface area contributed by atoms with Crippen LogP contribution >= 0.6 is 23.2 Å². The number of benzene rings is 2. The number of fused-ring (bicyclic) bond motifs is 3. The lowest BCUT2D eigenvalue weighted by molar-refractivity contribution is 0.817. The standard InChI is InChI=1S/C19H16Cl2N2/c1-3-22-17-10-15(20)16(21)11-18(17)23-12(2)14(9-19(22)23)13-7-5-4-6-8-13/h4-11H,3H2,1-2H3. The van der Waals surface area contributed by atoms with Gasteiger partial charge in [-0.15, -0.1) is 0 Å². The van der Waals surface area contributed by atoms with Crippen molar-refractivity contribution < 1.29 is 0 Å². The van der Waals surface area contributed by atoms with Crippen molar-refractivity contribution in [2.24, 2.45) is 0 Å². The minimum Gasteiger partial charge on any atom is -0.326 e. The van der Waals surface area contributed by atoms with Crippen LogP contribution in [0.15, 0.2) is 48.5 Å². The topological polar surface area (TPSA) is 9.34 Å². The molecule has 0 N–H and O–H groups in total. The highest BCUT2D eigenvalue weighted by Gasteiger charge is 2.17. The van der Waals surface area contributed by atoms with Gasteiger partial charge >= 0.3 is 0 Å². The third-order valence-electron chi connectivity index (χ3n) is 4.45. The van der Waals surface area contributed by atoms with Crippen molar-refractivity contribution >= 4 is 39.9 Å². The summed E-state index contributed by atoms with van der Waals surface area (Å²) in [5.41, 5.74) is 7.05. The van der Waals surface area contributed by atoms with Crippen LogP contribution in [0.4, 0.5) is 0 Å². The van der Waals surface area contributed by atoms with Crippen LogP contribution < -0.4 is 0 Å². The zero-order valence-corrected chi connectivity index (χ0v) is 14.5. The van der Waals surface area contributed by atoms with Crippen molar-refractivity contribution in [3.8, 4) is 11.1 Å². The summed E-state index contributed by atoms with van der Waals surface area (Å²) in [4.78, 5) is 0. The molecule has 0 aliphatic heterocycles. The Morgan fingerprint density at radius 2 is 1.57 bits per heavy atom. The van der Waals surface area contributed by atoms with E-state index in [9.17, 15) is 0 Å². The second kappa shape index (κ2) is 5.33. The van der Waals surface area contributed by atoms with Crippen LogP contribution in [0.3, 0.4) is 0 Å². The summed E-state index contributed by atoms with van der Waals surface area (Å²) in [7, 11) is 0. The highest BCUT2D eigenvalue weighted by atomic mass is 35.5. The van der Waals surface area contributed by atoms with Crippen molar-refractivity contribution in [2.75, 3.05) is 0 Å². The highest BCUT2D eigenvalue weighted by Crippen LogP contribution is 2.35. The summed E-state index contributed by atoms with van der Waals surface area (Å²) in [6, 6.07) is 16.6. The normalized spacial score (nSPS) is 11.7. The van der Waals surface area contributed by atoms with Crippen molar-refractivity contribution in [1.29, 1.82) is 0 Å². The van der Waals surface area contributed by atoms with Gasteiger partial charge in [0.2, 0.25) is 0 Å². The minimum atomic E-state index is 0.587. The van der Waals surface area contributed by atoms with E-state index < -0.39 is 0 Å². The van der Waals surface area contributed by atoms with Gasteiger partial charge in [-0.2, -0.15) is 0 Å². The molecule has 0 unspecified atom stereocenters. The fraction of sp³-hybridized carbons (Fsp3) is 0.158. The molecule has 0 saturated carbocycles. The number of nitrogens with zero attached hydrogens (tertiary/aromatic N) is 2. The second-order valence-corrected chi connectivity index (χ2v) is 6.52. The largest absolute Gasteiger partial charge is 0.326 e. The van der Waals surface area contributed by atoms with Gasteiger partial charge in [-0.1, -0.05) is 53.5 Å². The van der Waals surface area contributed by atoms with Gasteiger partial charge in [0, 0.05) is 17.8 Å². The average Bonchev–Trinajstić information content (AvgIpc) is 3.04. The Balaban J connectivity index is 2.13. The van der Waals surface area contributed by atoms with Crippen LogP contribution in [0.2, 0.25) is 10.0 Å². The maximum absolute atomic E-state index is 6.26. The van der Waals surface area contributed by atoms with E-state index in [0.717, 1.165) is 23.2 Å². The highest BCUT2D eigenvalue weighted by molar-refractivity contribution is 6.42. The molecule has 0 aliphatic carbocycles. The lowest BCUT2D eigenvalue weighted by Crippen LogP contribution is -1.92. The summed E-state index contributed by atoms with van der Waals surface area (Å²) >= 11 is 12.5. The lowest BCUT2D eigenvalue weighted by Gasteiger charge is -2.04. The molecule has 2 aromatic carbocycles. The first kappa shape index (κ1) is 14.7. The average molecular weight is 343 g/mol. The van der Waals surface area contributed by atoms with Gasteiger partial charge in [-0.3, -0.25) is 4.40 Å². The molecule has 0 amide bonds. The Bertz CT molecular complexity index is 1030. The first-order valence-electron chi connectivity index (χ1n) is 7.66. The van der Waals surface area contributed by atoms with Crippen molar-refractivity contribution in [3.63, 3.8) is 0 Å². The summed E-state index contributed by atoms with van der Waals surface area (Å²) in [5, 5.41) is 1.18. The molecule has 4 heteroatoms. The number of aryl methyl sites for hydroxylation is 2. The molecular weight excluding hydrogens is 327 g/mol. The number of halogens is 2. The van der Waals surface area contributed by atoms with Gasteiger partial charge in [-0.25, -0.2) is 0 Å². The van der Waals surface area contributed by atoms with Crippen LogP contribution in [-0.2, 0) is 6.54 Å². The first-order valence-corrected chi connectivity index (χ1v) is 8.42. The Labute approximate surface area is 144 Å². The first-order chi connectivity index (χ1) is 11.1. The fourth-order valence-electron chi connectivity index (χ4n) is 3.38. The summed E-state index contributed by atoms with van der Waals surface area (Å²) in [5.74, 6) is 0. The molecule has 0 aliphatic rings. The van der Waals surface area contributed by atoms with E-state index in [1.165, 1.54) is 16.8 Å². The van der Waals surface area contributed by atoms with E-state index in [4.69, 9.17) is 23.2 Å². The van der Waals surface area contributed by atoms with Crippen LogP contribution in [0.1, 0.15) is 12.6 Å². The molecule has 0 fully saturated rings. The molecule has 23 heavy (non-hydrogen) atoms. The summed E-state index contributed by atoms with van der Waals surface area (Å²) in [6.45, 7) is 5.17. The Hall–Kier alpha value is -1.90. The van der Waals surface area contributed by atoms with Crippen LogP contribution in [-0.4, -0.2) is 8.97 Å². The molecule has 116 valence electrons. The van der Waals surface area contributed by atoms with Crippen LogP contribution in [0, 0.1) is 6.92 Å². The monoisotopic (exact) mass is 342 g/mol. The molecule has 2 heterocycles. The molecule has 0 radical (unpaired) electrons. The van der Waals surface area contributed by atoms with Gasteiger partial charge in [0.25, 0.3) is 0 Å². The van der Waals surface area contributed by atoms with Crippen molar-refractivity contribution in [3.05, 3.63) is 64.3 Å². The van der Waals surface area contributed by atoms with Crippen molar-refractivity contribution in [1.82, 2.24) is 8.97 Å². The molecular formula is C19H16Cl2N2. The second-order valence-electron chi connectivity index (χ2n) is 5.70. The lowest BCUT2D eigenvalue weighted by atomic mass is 10.1. The number of hydrogen-bond donors (Lipinski definition) is 0. The van der Waals surface area contributed by atoms with E-state index in [2.05, 4.69) is 53.1 Å². The quantitative estimate of drug-likeness (QED) is 0.410. The Kier molecular flexibility index (Phi) is 3.40. The third-order valence-corrected chi connectivity index (χ3v) is 5.18. The summed E-state index contributed by atoms with van der Waals surface area (Å²) < 4.78 is 4.54. The number of imidazole rings is 1. The smallest absolute Gasteiger partial charge is 0.118 e. The van der Waals surface area contributed by atoms with E-state index in [0.29, 0.717) is 10.0 Å². The molecule has 0 atom stereocenters. The van der Waals surface area contributed by atoms with Crippen LogP contribution in [0.5, 0.6) is 0 Å². The zero-order valence-electron chi connectivity index (χ0n) is 13.0. The molecule has 2 aromatic heterocycles. The molecule has 0 saturated heterocycles. The number of hydrogen-bond acceptors (Lipinski definition) is 0. The number of aromatic nitrogens is 2. The predicted molar refractivity (Wildman–Crippen MR) is 98.8 cm³/mol. The maximum atomic E-state index is 6.26. The predicted octanol–water partition coefficient (Wildman–Crippen LogP) is 6.20. The van der Waals surface area contributed by atoms with E-state index in [-0.39, 0.29) is 0 Å². The SMILES string of the molecule is CCn1c2cc(Cl)c(Cl)cc2n2c(C)c(-c3ccccc3)cc12. The van der Waals surface area contributed by atoms with Gasteiger partial charge < -0.3 is 4.57 Å². The molecule has 0 spiro atoms. The molecule has 4 aromatic rings. The van der Waals surface area contributed by atoms with Gasteiger partial charge in [0.05, 0.1) is 21.1 Å². The summed E-state index contributed by atoms with van der Waals surface area (Å²) in [6.07, 6.45) is 0. The third kappa shape index (κ3) is 2.09. The number of rotatable bonds is 2. The Morgan fingerprint density at radius 1 is 0.913 bits per heavy atom. The molecule has 4 rings (SSSR count). The minimum absolute atomic E-state index is 0.587. The fourth-order valence-corrected chi connectivity index (χ4v) is 3.70.